The van der Waals surface area contributed by atoms with Crippen LogP contribution >= 0.6 is 15.9 Å². The van der Waals surface area contributed by atoms with E-state index >= 15 is 0 Å². The van der Waals surface area contributed by atoms with Crippen molar-refractivity contribution in [3.05, 3.63) is 34.3 Å². The minimum absolute atomic E-state index is 0.210. The maximum Gasteiger partial charge on any atom is 0.233 e. The molecule has 0 aromatic heterocycles. The number of nitrogens with zero attached hydrogens (tertiary/aromatic N) is 1. The molecule has 1 heterocycles. The van der Waals surface area contributed by atoms with Crippen molar-refractivity contribution in [2.45, 2.75) is 18.3 Å². The summed E-state index contributed by atoms with van der Waals surface area (Å²) in [6.07, 6.45) is 1.99. The summed E-state index contributed by atoms with van der Waals surface area (Å²) >= 11 is 3.44. The predicted octanol–water partition coefficient (Wildman–Crippen LogP) is 1.91. The van der Waals surface area contributed by atoms with Gasteiger partial charge in [-0.3, -0.25) is 4.79 Å². The van der Waals surface area contributed by atoms with Gasteiger partial charge in [-0.15, -0.1) is 0 Å². The monoisotopic (exact) mass is 308 g/mol. The van der Waals surface area contributed by atoms with Crippen molar-refractivity contribution in [1.82, 2.24) is 10.2 Å². The van der Waals surface area contributed by atoms with Gasteiger partial charge in [-0.05, 0) is 30.5 Å². The van der Waals surface area contributed by atoms with Gasteiger partial charge >= 0.3 is 0 Å². The van der Waals surface area contributed by atoms with E-state index < -0.39 is 0 Å². The van der Waals surface area contributed by atoms with Crippen LogP contribution in [0.1, 0.15) is 18.4 Å². The molecule has 0 bridgehead atoms. The fraction of sp³-hybridized carbons (Fsp3) is 0.500. The number of piperazine rings is 1. The SMILES string of the molecule is O=C(N1CCNCC1)C1(c2ccc(Br)cc2)CC1. The lowest BCUT2D eigenvalue weighted by Gasteiger charge is -2.31. The van der Waals surface area contributed by atoms with Gasteiger partial charge in [0.05, 0.1) is 5.41 Å². The van der Waals surface area contributed by atoms with E-state index in [1.165, 1.54) is 5.56 Å². The van der Waals surface area contributed by atoms with E-state index in [9.17, 15) is 4.79 Å². The van der Waals surface area contributed by atoms with Crippen LogP contribution in [0.4, 0.5) is 0 Å². The summed E-state index contributed by atoms with van der Waals surface area (Å²) in [5, 5.41) is 3.29. The molecular weight excluding hydrogens is 292 g/mol. The van der Waals surface area contributed by atoms with E-state index in [1.54, 1.807) is 0 Å². The highest BCUT2D eigenvalue weighted by Gasteiger charge is 2.52. The van der Waals surface area contributed by atoms with E-state index in [2.05, 4.69) is 33.4 Å². The molecule has 2 aliphatic rings. The van der Waals surface area contributed by atoms with E-state index in [4.69, 9.17) is 0 Å². The van der Waals surface area contributed by atoms with E-state index in [1.807, 2.05) is 17.0 Å². The largest absolute Gasteiger partial charge is 0.339 e. The summed E-state index contributed by atoms with van der Waals surface area (Å²) in [5.41, 5.74) is 0.965. The lowest BCUT2D eigenvalue weighted by molar-refractivity contribution is -0.134. The van der Waals surface area contributed by atoms with Gasteiger partial charge in [-0.25, -0.2) is 0 Å². The Balaban J connectivity index is 1.81. The highest BCUT2D eigenvalue weighted by atomic mass is 79.9. The molecule has 0 atom stereocenters. The van der Waals surface area contributed by atoms with Crippen LogP contribution in [0.5, 0.6) is 0 Å². The topological polar surface area (TPSA) is 32.3 Å². The van der Waals surface area contributed by atoms with Gasteiger partial charge in [0.25, 0.3) is 0 Å². The zero-order chi connectivity index (χ0) is 12.6. The average molecular weight is 309 g/mol. The lowest BCUT2D eigenvalue weighted by atomic mass is 9.94. The van der Waals surface area contributed by atoms with E-state index in [0.717, 1.165) is 43.5 Å². The van der Waals surface area contributed by atoms with Crippen LogP contribution in [0, 0.1) is 0 Å². The van der Waals surface area contributed by atoms with Crippen LogP contribution in [0.25, 0.3) is 0 Å². The van der Waals surface area contributed by atoms with E-state index in [-0.39, 0.29) is 5.41 Å². The number of hydrogen-bond acceptors (Lipinski definition) is 2. The third-order valence-electron chi connectivity index (χ3n) is 3.96. The first-order valence-corrected chi connectivity index (χ1v) is 7.28. The van der Waals surface area contributed by atoms with Crippen LogP contribution < -0.4 is 5.32 Å². The fourth-order valence-corrected chi connectivity index (χ4v) is 2.95. The Hall–Kier alpha value is -0.870. The second-order valence-electron chi connectivity index (χ2n) is 5.13. The zero-order valence-electron chi connectivity index (χ0n) is 10.3. The maximum atomic E-state index is 12.7. The maximum absolute atomic E-state index is 12.7. The molecule has 1 aliphatic carbocycles. The van der Waals surface area contributed by atoms with Crippen molar-refractivity contribution >= 4 is 21.8 Å². The van der Waals surface area contributed by atoms with Gasteiger partial charge in [-0.2, -0.15) is 0 Å². The third-order valence-corrected chi connectivity index (χ3v) is 4.49. The number of carbonyl (C=O) groups excluding carboxylic acids is 1. The summed E-state index contributed by atoms with van der Waals surface area (Å²) < 4.78 is 1.07. The molecule has 1 amide bonds. The van der Waals surface area contributed by atoms with Crippen LogP contribution in [0.15, 0.2) is 28.7 Å². The first-order chi connectivity index (χ1) is 8.72. The molecule has 3 nitrogen and oxygen atoms in total. The highest BCUT2D eigenvalue weighted by Crippen LogP contribution is 2.49. The van der Waals surface area contributed by atoms with Gasteiger partial charge in [0.2, 0.25) is 5.91 Å². The Bertz CT molecular complexity index is 447. The van der Waals surface area contributed by atoms with Crippen molar-refractivity contribution in [3.63, 3.8) is 0 Å². The zero-order valence-corrected chi connectivity index (χ0v) is 11.9. The number of rotatable bonds is 2. The Morgan fingerprint density at radius 2 is 1.78 bits per heavy atom. The van der Waals surface area contributed by atoms with Crippen molar-refractivity contribution in [2.75, 3.05) is 26.2 Å². The minimum Gasteiger partial charge on any atom is -0.339 e. The number of nitrogens with one attached hydrogen (secondary N) is 1. The molecule has 1 aliphatic heterocycles. The van der Waals surface area contributed by atoms with Crippen LogP contribution in [0.3, 0.4) is 0 Å². The third kappa shape index (κ3) is 2.08. The Morgan fingerprint density at radius 3 is 2.33 bits per heavy atom. The highest BCUT2D eigenvalue weighted by molar-refractivity contribution is 9.10. The number of hydrogen-bond donors (Lipinski definition) is 1. The summed E-state index contributed by atoms with van der Waals surface area (Å²) in [4.78, 5) is 14.7. The second kappa shape index (κ2) is 4.67. The lowest BCUT2D eigenvalue weighted by Crippen LogP contribution is -2.49. The number of halogens is 1. The smallest absolute Gasteiger partial charge is 0.233 e. The summed E-state index contributed by atoms with van der Waals surface area (Å²) in [7, 11) is 0. The molecule has 0 spiro atoms. The van der Waals surface area contributed by atoms with Gasteiger partial charge in [0, 0.05) is 30.7 Å². The van der Waals surface area contributed by atoms with Crippen LogP contribution in [0.2, 0.25) is 0 Å². The molecular formula is C14H17BrN2O. The second-order valence-corrected chi connectivity index (χ2v) is 6.05. The molecule has 1 saturated heterocycles. The van der Waals surface area contributed by atoms with E-state index in [0.29, 0.717) is 5.91 Å². The number of amides is 1. The minimum atomic E-state index is -0.210. The average Bonchev–Trinajstić information content (AvgIpc) is 3.21. The predicted molar refractivity (Wildman–Crippen MR) is 74.5 cm³/mol. The summed E-state index contributed by atoms with van der Waals surface area (Å²) in [5.74, 6) is 0.325. The number of carbonyl (C=O) groups is 1. The first kappa shape index (κ1) is 12.2. The standard InChI is InChI=1S/C14H17BrN2O/c15-12-3-1-11(2-4-12)14(5-6-14)13(18)17-9-7-16-8-10-17/h1-4,16H,5-10H2. The van der Waals surface area contributed by atoms with Crippen molar-refractivity contribution in [1.29, 1.82) is 0 Å². The molecule has 1 saturated carbocycles. The van der Waals surface area contributed by atoms with Crippen molar-refractivity contribution in [2.24, 2.45) is 0 Å². The molecule has 0 unspecified atom stereocenters. The molecule has 4 heteroatoms. The summed E-state index contributed by atoms with van der Waals surface area (Å²) in [6.45, 7) is 3.53. The van der Waals surface area contributed by atoms with Gasteiger partial charge < -0.3 is 10.2 Å². The Labute approximate surface area is 116 Å². The van der Waals surface area contributed by atoms with Crippen molar-refractivity contribution in [3.8, 4) is 0 Å². The van der Waals surface area contributed by atoms with Crippen LogP contribution in [-0.2, 0) is 10.2 Å². The molecule has 18 heavy (non-hydrogen) atoms. The number of benzene rings is 1. The fourth-order valence-electron chi connectivity index (χ4n) is 2.69. The normalized spacial score (nSPS) is 21.7. The molecule has 1 aromatic rings. The van der Waals surface area contributed by atoms with Gasteiger partial charge in [-0.1, -0.05) is 28.1 Å². The van der Waals surface area contributed by atoms with Crippen molar-refractivity contribution < 1.29 is 4.79 Å². The quantitative estimate of drug-likeness (QED) is 0.905. The Morgan fingerprint density at radius 1 is 1.17 bits per heavy atom. The molecule has 2 fully saturated rings. The Kier molecular flexibility index (Phi) is 3.16. The summed E-state index contributed by atoms with van der Waals surface area (Å²) in [6, 6.07) is 8.22. The first-order valence-electron chi connectivity index (χ1n) is 6.48. The van der Waals surface area contributed by atoms with Gasteiger partial charge in [0.15, 0.2) is 0 Å². The molecule has 3 rings (SSSR count). The van der Waals surface area contributed by atoms with Crippen LogP contribution in [-0.4, -0.2) is 37.0 Å². The molecule has 1 aromatic carbocycles. The molecule has 0 radical (unpaired) electrons. The van der Waals surface area contributed by atoms with Gasteiger partial charge in [0.1, 0.15) is 0 Å². The molecule has 96 valence electrons. The molecule has 1 N–H and O–H groups in total.